The summed E-state index contributed by atoms with van der Waals surface area (Å²) in [5, 5.41) is 10.5. The van der Waals surface area contributed by atoms with Crippen molar-refractivity contribution in [2.24, 2.45) is 14.1 Å². The average molecular weight is 348 g/mol. The van der Waals surface area contributed by atoms with Gasteiger partial charge in [-0.2, -0.15) is 0 Å². The number of aromatic nitrogens is 4. The predicted octanol–water partition coefficient (Wildman–Crippen LogP) is -6.01. The molecule has 0 unspecified atom stereocenters. The normalized spacial score (nSPS) is 10.8. The van der Waals surface area contributed by atoms with Crippen molar-refractivity contribution >= 4 is 11.2 Å². The Morgan fingerprint density at radius 2 is 2.00 bits per heavy atom. The molecule has 0 atom stereocenters. The average Bonchev–Trinajstić information content (AvgIpc) is 2.77. The monoisotopic (exact) mass is 347 g/mol. The molecule has 9 heteroatoms. The van der Waals surface area contributed by atoms with Crippen LogP contribution in [0, 0.1) is 0 Å². The molecule has 0 aromatic carbocycles. The zero-order valence-electron chi connectivity index (χ0n) is 11.4. The molecule has 2 heterocycles. The highest BCUT2D eigenvalue weighted by Gasteiger charge is 2.14. The fourth-order valence-electron chi connectivity index (χ4n) is 2.05. The molecule has 0 radical (unpaired) electrons. The summed E-state index contributed by atoms with van der Waals surface area (Å²) in [4.78, 5) is 28.4. The Kier molecular flexibility index (Phi) is 5.66. The second-order valence-corrected chi connectivity index (χ2v) is 4.42. The van der Waals surface area contributed by atoms with Crippen LogP contribution in [0.5, 0.6) is 0 Å². The van der Waals surface area contributed by atoms with Crippen molar-refractivity contribution in [2.45, 2.75) is 6.54 Å². The first-order chi connectivity index (χ1) is 9.07. The number of nitrogens with zero attached hydrogens (tertiary/aromatic N) is 4. The van der Waals surface area contributed by atoms with Gasteiger partial charge in [0.25, 0.3) is 5.56 Å². The maximum Gasteiger partial charge on any atom is 0.332 e. The van der Waals surface area contributed by atoms with Gasteiger partial charge < -0.3 is 32.0 Å². The van der Waals surface area contributed by atoms with Crippen molar-refractivity contribution in [1.82, 2.24) is 18.7 Å². The number of halogens is 1. The Morgan fingerprint density at radius 1 is 1.30 bits per heavy atom. The van der Waals surface area contributed by atoms with Gasteiger partial charge in [-0.05, 0) is 0 Å². The highest BCUT2D eigenvalue weighted by atomic mass is 79.9. The number of fused-ring (bicyclic) bond motifs is 1. The maximum absolute atomic E-state index is 12.3. The van der Waals surface area contributed by atoms with Crippen LogP contribution < -0.4 is 33.5 Å². The van der Waals surface area contributed by atoms with Gasteiger partial charge in [0.2, 0.25) is 0 Å². The number of rotatable bonds is 5. The highest BCUT2D eigenvalue weighted by molar-refractivity contribution is 5.69. The van der Waals surface area contributed by atoms with Crippen LogP contribution in [-0.4, -0.2) is 43.5 Å². The quantitative estimate of drug-likeness (QED) is 0.526. The van der Waals surface area contributed by atoms with E-state index < -0.39 is 0 Å². The lowest BCUT2D eigenvalue weighted by Crippen LogP contribution is -3.00. The number of aliphatic hydroxyl groups excluding tert-OH is 1. The minimum Gasteiger partial charge on any atom is -1.00 e. The van der Waals surface area contributed by atoms with Crippen molar-refractivity contribution < 1.29 is 27.4 Å². The standard InChI is InChI=1S/C11H17N5O3.BrH/c1-14-7-13-9-8(14)10(18)16(11(19)15(9)2)5-3-12-4-6-17;/h7,12,17H,3-6H2,1-2H3;1H. The van der Waals surface area contributed by atoms with Crippen molar-refractivity contribution in [2.75, 3.05) is 19.7 Å². The van der Waals surface area contributed by atoms with E-state index >= 15 is 0 Å². The molecule has 20 heavy (non-hydrogen) atoms. The minimum atomic E-state index is -0.367. The summed E-state index contributed by atoms with van der Waals surface area (Å²) in [6.07, 6.45) is 1.52. The third-order valence-electron chi connectivity index (χ3n) is 3.09. The Balaban J connectivity index is 0.00000200. The molecule has 0 fully saturated rings. The molecular formula is C11H18BrN5O3. The molecule has 0 aliphatic rings. The molecule has 8 nitrogen and oxygen atoms in total. The van der Waals surface area contributed by atoms with E-state index in [4.69, 9.17) is 5.11 Å². The Hall–Kier alpha value is -1.45. The lowest BCUT2D eigenvalue weighted by Gasteiger charge is -2.07. The van der Waals surface area contributed by atoms with Crippen LogP contribution in [0.2, 0.25) is 0 Å². The number of aliphatic hydroxyl groups is 1. The number of quaternary nitrogens is 1. The topological polar surface area (TPSA) is 98.7 Å². The van der Waals surface area contributed by atoms with Crippen LogP contribution in [0.4, 0.5) is 0 Å². The summed E-state index contributed by atoms with van der Waals surface area (Å²) >= 11 is 0. The van der Waals surface area contributed by atoms with Crippen LogP contribution in [0.25, 0.3) is 11.2 Å². The van der Waals surface area contributed by atoms with Gasteiger partial charge in [0, 0.05) is 14.1 Å². The molecule has 0 bridgehead atoms. The molecule has 0 saturated heterocycles. The van der Waals surface area contributed by atoms with Crippen LogP contribution >= 0.6 is 0 Å². The van der Waals surface area contributed by atoms with Crippen molar-refractivity contribution in [1.29, 1.82) is 0 Å². The van der Waals surface area contributed by atoms with Gasteiger partial charge in [-0.1, -0.05) is 0 Å². The van der Waals surface area contributed by atoms with E-state index in [9.17, 15) is 9.59 Å². The van der Waals surface area contributed by atoms with Gasteiger partial charge in [0.1, 0.15) is 0 Å². The molecule has 0 spiro atoms. The van der Waals surface area contributed by atoms with E-state index in [1.165, 1.54) is 15.5 Å². The SMILES string of the molecule is Cn1cnc2c1c(=O)n(CC[NH2+]CCO)c(=O)n2C.[Br-]. The Bertz CT molecular complexity index is 702. The molecule has 3 N–H and O–H groups in total. The number of nitrogens with two attached hydrogens (primary N) is 1. The van der Waals surface area contributed by atoms with E-state index in [-0.39, 0.29) is 34.8 Å². The van der Waals surface area contributed by atoms with E-state index in [1.807, 2.05) is 5.32 Å². The first kappa shape index (κ1) is 16.6. The van der Waals surface area contributed by atoms with E-state index in [0.717, 1.165) is 0 Å². The van der Waals surface area contributed by atoms with Crippen molar-refractivity contribution in [3.8, 4) is 0 Å². The van der Waals surface area contributed by atoms with E-state index in [1.54, 1.807) is 18.7 Å². The fraction of sp³-hybridized carbons (Fsp3) is 0.545. The number of imidazole rings is 1. The first-order valence-electron chi connectivity index (χ1n) is 6.11. The van der Waals surface area contributed by atoms with Crippen LogP contribution in [0.3, 0.4) is 0 Å². The zero-order valence-corrected chi connectivity index (χ0v) is 13.0. The minimum absolute atomic E-state index is 0. The van der Waals surface area contributed by atoms with Gasteiger partial charge in [0.05, 0.1) is 32.6 Å². The number of aryl methyl sites for hydroxylation is 2. The molecule has 2 aromatic heterocycles. The van der Waals surface area contributed by atoms with Crippen molar-refractivity contribution in [3.63, 3.8) is 0 Å². The van der Waals surface area contributed by atoms with Crippen LogP contribution in [0.15, 0.2) is 15.9 Å². The molecule has 0 saturated carbocycles. The molecule has 0 aliphatic carbocycles. The van der Waals surface area contributed by atoms with Gasteiger partial charge in [0.15, 0.2) is 11.2 Å². The molecular weight excluding hydrogens is 330 g/mol. The first-order valence-corrected chi connectivity index (χ1v) is 6.11. The summed E-state index contributed by atoms with van der Waals surface area (Å²) < 4.78 is 4.20. The highest BCUT2D eigenvalue weighted by Crippen LogP contribution is 2.02. The van der Waals surface area contributed by atoms with Gasteiger partial charge in [-0.3, -0.25) is 13.9 Å². The van der Waals surface area contributed by atoms with E-state index in [2.05, 4.69) is 4.98 Å². The largest absolute Gasteiger partial charge is 1.00 e. The summed E-state index contributed by atoms with van der Waals surface area (Å²) in [6, 6.07) is 0. The smallest absolute Gasteiger partial charge is 0.332 e. The second kappa shape index (κ2) is 6.82. The summed E-state index contributed by atoms with van der Waals surface area (Å²) in [7, 11) is 3.33. The fourth-order valence-corrected chi connectivity index (χ4v) is 2.05. The maximum atomic E-state index is 12.3. The van der Waals surface area contributed by atoms with E-state index in [0.29, 0.717) is 30.8 Å². The third-order valence-corrected chi connectivity index (χ3v) is 3.09. The third kappa shape index (κ3) is 2.84. The Morgan fingerprint density at radius 3 is 2.65 bits per heavy atom. The van der Waals surface area contributed by atoms with Crippen LogP contribution in [-0.2, 0) is 20.6 Å². The molecule has 2 rings (SSSR count). The molecule has 0 aliphatic heterocycles. The van der Waals surface area contributed by atoms with Gasteiger partial charge in [-0.25, -0.2) is 9.78 Å². The molecule has 2 aromatic rings. The summed E-state index contributed by atoms with van der Waals surface area (Å²) in [6.45, 7) is 1.52. The molecule has 0 amide bonds. The van der Waals surface area contributed by atoms with Gasteiger partial charge >= 0.3 is 5.69 Å². The number of hydrogen-bond donors (Lipinski definition) is 2. The predicted molar refractivity (Wildman–Crippen MR) is 69.0 cm³/mol. The zero-order chi connectivity index (χ0) is 14.0. The number of hydrogen-bond acceptors (Lipinski definition) is 4. The summed E-state index contributed by atoms with van der Waals surface area (Å²) in [5.41, 5.74) is 0.126. The van der Waals surface area contributed by atoms with Crippen LogP contribution in [0.1, 0.15) is 0 Å². The van der Waals surface area contributed by atoms with Crippen molar-refractivity contribution in [3.05, 3.63) is 27.2 Å². The Labute approximate surface area is 125 Å². The lowest BCUT2D eigenvalue weighted by atomic mass is 10.4. The summed E-state index contributed by atoms with van der Waals surface area (Å²) in [5.74, 6) is 0. The second-order valence-electron chi connectivity index (χ2n) is 4.42. The lowest BCUT2D eigenvalue weighted by molar-refractivity contribution is -0.657. The molecule has 112 valence electrons. The van der Waals surface area contributed by atoms with Gasteiger partial charge in [-0.15, -0.1) is 0 Å².